The summed E-state index contributed by atoms with van der Waals surface area (Å²) in [5, 5.41) is 7.76. The Balaban J connectivity index is 1.98. The maximum atomic E-state index is 13.7. The monoisotopic (exact) mass is 398 g/mol. The van der Waals surface area contributed by atoms with Crippen LogP contribution in [0.2, 0.25) is 5.02 Å². The Morgan fingerprint density at radius 3 is 2.67 bits per heavy atom. The lowest BCUT2D eigenvalue weighted by Gasteiger charge is -2.17. The van der Waals surface area contributed by atoms with Crippen molar-refractivity contribution in [1.82, 2.24) is 19.8 Å². The van der Waals surface area contributed by atoms with Crippen molar-refractivity contribution in [3.05, 3.63) is 64.3 Å². The first-order chi connectivity index (χ1) is 12.7. The van der Waals surface area contributed by atoms with Crippen LogP contribution >= 0.6 is 11.6 Å². The van der Waals surface area contributed by atoms with Crippen molar-refractivity contribution >= 4 is 17.5 Å². The highest BCUT2D eigenvalue weighted by Crippen LogP contribution is 2.34. The summed E-state index contributed by atoms with van der Waals surface area (Å²) in [6.07, 6.45) is -3.90. The summed E-state index contributed by atoms with van der Waals surface area (Å²) in [5.41, 5.74) is -1.20. The third-order valence-electron chi connectivity index (χ3n) is 3.74. The molecule has 0 aliphatic carbocycles. The highest BCUT2D eigenvalue weighted by Gasteiger charge is 2.41. The van der Waals surface area contributed by atoms with Gasteiger partial charge in [0, 0.05) is 18.1 Å². The molecular formula is C17H14ClF3N4O2. The molecule has 0 bridgehead atoms. The van der Waals surface area contributed by atoms with E-state index >= 15 is 0 Å². The summed E-state index contributed by atoms with van der Waals surface area (Å²) in [7, 11) is 1.38. The molecule has 0 fully saturated rings. The molecule has 0 unspecified atom stereocenters. The van der Waals surface area contributed by atoms with Crippen molar-refractivity contribution in [3.63, 3.8) is 0 Å². The molecule has 142 valence electrons. The first-order valence-electron chi connectivity index (χ1n) is 7.75. The molecule has 0 saturated carbocycles. The van der Waals surface area contributed by atoms with E-state index < -0.39 is 23.3 Å². The topological polar surface area (TPSA) is 64.2 Å². The Hall–Kier alpha value is -2.81. The molecule has 1 amide bonds. The van der Waals surface area contributed by atoms with Gasteiger partial charge in [-0.3, -0.25) is 4.79 Å². The van der Waals surface area contributed by atoms with Crippen molar-refractivity contribution < 1.29 is 22.5 Å². The number of aromatic nitrogens is 3. The van der Waals surface area contributed by atoms with Gasteiger partial charge in [-0.2, -0.15) is 18.3 Å². The van der Waals surface area contributed by atoms with Gasteiger partial charge in [0.15, 0.2) is 5.69 Å². The number of amides is 1. The van der Waals surface area contributed by atoms with Gasteiger partial charge in [0.2, 0.25) is 0 Å². The summed E-state index contributed by atoms with van der Waals surface area (Å²) in [5.74, 6) is -0.299. The van der Waals surface area contributed by atoms with Crippen molar-refractivity contribution in [2.24, 2.45) is 0 Å². The van der Waals surface area contributed by atoms with E-state index in [1.807, 2.05) is 0 Å². The van der Waals surface area contributed by atoms with E-state index in [0.29, 0.717) is 16.1 Å². The lowest BCUT2D eigenvalue weighted by Crippen LogP contribution is -2.28. The van der Waals surface area contributed by atoms with E-state index in [0.717, 1.165) is 11.1 Å². The molecule has 0 spiro atoms. The summed E-state index contributed by atoms with van der Waals surface area (Å²) >= 11 is 5.86. The number of rotatable bonds is 4. The van der Waals surface area contributed by atoms with Crippen LogP contribution in [0.3, 0.4) is 0 Å². The fourth-order valence-electron chi connectivity index (χ4n) is 2.59. The van der Waals surface area contributed by atoms with Crippen LogP contribution in [0.5, 0.6) is 0 Å². The van der Waals surface area contributed by atoms with Crippen LogP contribution in [-0.4, -0.2) is 32.8 Å². The zero-order valence-corrected chi connectivity index (χ0v) is 15.0. The minimum Gasteiger partial charge on any atom is -0.361 e. The number of halogens is 4. The zero-order valence-electron chi connectivity index (χ0n) is 14.3. The number of aryl methyl sites for hydroxylation is 1. The van der Waals surface area contributed by atoms with Gasteiger partial charge in [-0.1, -0.05) is 22.8 Å². The van der Waals surface area contributed by atoms with E-state index in [1.54, 1.807) is 13.0 Å². The van der Waals surface area contributed by atoms with Crippen LogP contribution < -0.4 is 0 Å². The number of carbonyl (C=O) groups is 1. The Labute approximate surface area is 157 Å². The summed E-state index contributed by atoms with van der Waals surface area (Å²) < 4.78 is 46.6. The number of carbonyl (C=O) groups excluding carboxylic acids is 1. The molecule has 3 rings (SSSR count). The van der Waals surface area contributed by atoms with E-state index in [4.69, 9.17) is 16.1 Å². The van der Waals surface area contributed by atoms with E-state index in [1.165, 1.54) is 31.3 Å². The minimum atomic E-state index is -4.80. The van der Waals surface area contributed by atoms with Gasteiger partial charge in [-0.05, 0) is 25.1 Å². The van der Waals surface area contributed by atoms with Crippen LogP contribution in [0, 0.1) is 6.92 Å². The van der Waals surface area contributed by atoms with Gasteiger partial charge in [0.25, 0.3) is 5.91 Å². The van der Waals surface area contributed by atoms with Crippen LogP contribution in [0.4, 0.5) is 13.2 Å². The molecule has 6 nitrogen and oxygen atoms in total. The summed E-state index contributed by atoms with van der Waals surface area (Å²) in [6.45, 7) is 1.67. The normalized spacial score (nSPS) is 11.6. The molecule has 10 heteroatoms. The predicted molar refractivity (Wildman–Crippen MR) is 90.6 cm³/mol. The van der Waals surface area contributed by atoms with Crippen molar-refractivity contribution in [1.29, 1.82) is 0 Å². The third kappa shape index (κ3) is 3.97. The van der Waals surface area contributed by atoms with Gasteiger partial charge in [0.1, 0.15) is 11.5 Å². The average molecular weight is 399 g/mol. The van der Waals surface area contributed by atoms with Crippen LogP contribution in [0.15, 0.2) is 41.1 Å². The van der Waals surface area contributed by atoms with Crippen LogP contribution in [-0.2, 0) is 12.7 Å². The quantitative estimate of drug-likeness (QED) is 0.663. The molecule has 0 atom stereocenters. The van der Waals surface area contributed by atoms with Crippen molar-refractivity contribution in [2.45, 2.75) is 19.6 Å². The van der Waals surface area contributed by atoms with E-state index in [9.17, 15) is 18.0 Å². The first kappa shape index (κ1) is 19.0. The molecular weight excluding hydrogens is 385 g/mol. The minimum absolute atomic E-state index is 0.00415. The van der Waals surface area contributed by atoms with Gasteiger partial charge in [0.05, 0.1) is 24.0 Å². The highest BCUT2D eigenvalue weighted by atomic mass is 35.5. The molecule has 0 N–H and O–H groups in total. The Kier molecular flexibility index (Phi) is 4.97. The number of benzene rings is 1. The maximum absolute atomic E-state index is 13.7. The van der Waals surface area contributed by atoms with E-state index in [-0.39, 0.29) is 17.3 Å². The van der Waals surface area contributed by atoms with Crippen LogP contribution in [0.1, 0.15) is 27.5 Å². The molecule has 1 aromatic carbocycles. The second kappa shape index (κ2) is 7.07. The predicted octanol–water partition coefficient (Wildman–Crippen LogP) is 4.11. The molecule has 3 aromatic rings. The van der Waals surface area contributed by atoms with Gasteiger partial charge in [-0.15, -0.1) is 0 Å². The van der Waals surface area contributed by atoms with Crippen molar-refractivity contribution in [2.75, 3.05) is 7.05 Å². The third-order valence-corrected chi connectivity index (χ3v) is 3.98. The van der Waals surface area contributed by atoms with Gasteiger partial charge >= 0.3 is 6.18 Å². The van der Waals surface area contributed by atoms with E-state index in [2.05, 4.69) is 10.3 Å². The molecule has 2 aromatic heterocycles. The Morgan fingerprint density at radius 2 is 2.07 bits per heavy atom. The molecule has 0 aliphatic rings. The Morgan fingerprint density at radius 1 is 1.33 bits per heavy atom. The number of hydrogen-bond donors (Lipinski definition) is 0. The second-order valence-corrected chi connectivity index (χ2v) is 6.32. The summed E-state index contributed by atoms with van der Waals surface area (Å²) in [4.78, 5) is 13.7. The zero-order chi connectivity index (χ0) is 19.8. The SMILES string of the molecule is Cc1cc(CN(C)C(=O)c2cnn(-c3cccc(Cl)c3)c2C(F)(F)F)no1. The molecule has 2 heterocycles. The fourth-order valence-corrected chi connectivity index (χ4v) is 2.78. The van der Waals surface area contributed by atoms with Crippen LogP contribution in [0.25, 0.3) is 5.69 Å². The molecule has 0 saturated heterocycles. The maximum Gasteiger partial charge on any atom is 0.434 e. The number of hydrogen-bond acceptors (Lipinski definition) is 4. The molecule has 0 radical (unpaired) electrons. The summed E-state index contributed by atoms with van der Waals surface area (Å²) in [6, 6.07) is 7.38. The van der Waals surface area contributed by atoms with Gasteiger partial charge in [-0.25, -0.2) is 4.68 Å². The van der Waals surface area contributed by atoms with Gasteiger partial charge < -0.3 is 9.42 Å². The Bertz CT molecular complexity index is 981. The second-order valence-electron chi connectivity index (χ2n) is 5.89. The lowest BCUT2D eigenvalue weighted by molar-refractivity contribution is -0.143. The van der Waals surface area contributed by atoms with Crippen molar-refractivity contribution in [3.8, 4) is 5.69 Å². The largest absolute Gasteiger partial charge is 0.434 e. The molecule has 27 heavy (non-hydrogen) atoms. The smallest absolute Gasteiger partial charge is 0.361 e. The highest BCUT2D eigenvalue weighted by molar-refractivity contribution is 6.30. The lowest BCUT2D eigenvalue weighted by atomic mass is 10.2. The number of nitrogens with zero attached hydrogens (tertiary/aromatic N) is 4. The first-order valence-corrected chi connectivity index (χ1v) is 8.13. The average Bonchev–Trinajstić information content (AvgIpc) is 3.20. The number of alkyl halides is 3. The fraction of sp³-hybridized carbons (Fsp3) is 0.235. The standard InChI is InChI=1S/C17H14ClF3N4O2/c1-10-6-12(23-27-10)9-24(2)16(26)14-8-22-25(15(14)17(19,20)21)13-5-3-4-11(18)7-13/h3-8H,9H2,1-2H3. The molecule has 0 aliphatic heterocycles.